The zero-order chi connectivity index (χ0) is 22.7. The molecule has 0 spiro atoms. The van der Waals surface area contributed by atoms with Gasteiger partial charge in [0.15, 0.2) is 11.3 Å². The minimum atomic E-state index is -0.851. The van der Waals surface area contributed by atoms with Crippen molar-refractivity contribution in [2.24, 2.45) is 14.1 Å². The number of furan rings is 1. The molecule has 166 valence electrons. The van der Waals surface area contributed by atoms with Crippen LogP contribution in [-0.4, -0.2) is 31.5 Å². The van der Waals surface area contributed by atoms with Crippen LogP contribution in [0.15, 0.2) is 50.4 Å². The fraction of sp³-hybridized carbons (Fsp3) is 0.273. The molecule has 1 aliphatic rings. The average Bonchev–Trinajstić information content (AvgIpc) is 3.37. The number of benzene rings is 1. The van der Waals surface area contributed by atoms with Gasteiger partial charge >= 0.3 is 5.69 Å². The number of aryl methyl sites for hydroxylation is 1. The summed E-state index contributed by atoms with van der Waals surface area (Å²) in [7, 11) is 2.96. The summed E-state index contributed by atoms with van der Waals surface area (Å²) < 4.78 is 30.0. The number of hydrogen-bond acceptors (Lipinski definition) is 5. The molecule has 1 aliphatic heterocycles. The van der Waals surface area contributed by atoms with Gasteiger partial charge in [0.1, 0.15) is 11.6 Å². The monoisotopic (exact) mass is 459 g/mol. The van der Waals surface area contributed by atoms with E-state index < -0.39 is 29.3 Å². The molecule has 0 saturated carbocycles. The van der Waals surface area contributed by atoms with Crippen LogP contribution in [-0.2, 0) is 25.4 Å². The van der Waals surface area contributed by atoms with Gasteiger partial charge in [0, 0.05) is 19.7 Å². The Morgan fingerprint density at radius 3 is 2.62 bits per heavy atom. The van der Waals surface area contributed by atoms with E-state index in [1.807, 2.05) is 0 Å². The molecule has 1 aromatic carbocycles. The number of rotatable bonds is 3. The summed E-state index contributed by atoms with van der Waals surface area (Å²) in [6, 6.07) is 9.08. The molecule has 8 nitrogen and oxygen atoms in total. The quantitative estimate of drug-likeness (QED) is 0.508. The maximum Gasteiger partial charge on any atom is 0.331 e. The zero-order valence-corrected chi connectivity index (χ0v) is 18.0. The smallest absolute Gasteiger partial charge is 0.331 e. The van der Waals surface area contributed by atoms with Crippen LogP contribution in [0.2, 0.25) is 5.22 Å². The van der Waals surface area contributed by atoms with Gasteiger partial charge in [-0.15, -0.1) is 0 Å². The van der Waals surface area contributed by atoms with Gasteiger partial charge in [-0.05, 0) is 35.9 Å². The molecule has 0 saturated heterocycles. The summed E-state index contributed by atoms with van der Waals surface area (Å²) >= 11 is 5.99. The van der Waals surface area contributed by atoms with Crippen molar-refractivity contribution in [1.82, 2.24) is 13.7 Å². The lowest BCUT2D eigenvalue weighted by molar-refractivity contribution is -0.0589. The Kier molecular flexibility index (Phi) is 4.85. The van der Waals surface area contributed by atoms with E-state index in [-0.39, 0.29) is 23.8 Å². The molecule has 4 aromatic rings. The first-order valence-electron chi connectivity index (χ1n) is 9.91. The minimum absolute atomic E-state index is 0.146. The Morgan fingerprint density at radius 1 is 1.19 bits per heavy atom. The molecule has 32 heavy (non-hydrogen) atoms. The highest BCUT2D eigenvalue weighted by Gasteiger charge is 2.37. The lowest BCUT2D eigenvalue weighted by atomic mass is 10.1. The number of nitrogens with zero attached hydrogens (tertiary/aromatic N) is 3. The van der Waals surface area contributed by atoms with Crippen LogP contribution in [0.25, 0.3) is 22.2 Å². The van der Waals surface area contributed by atoms with Crippen LogP contribution in [0.3, 0.4) is 0 Å². The highest BCUT2D eigenvalue weighted by Crippen LogP contribution is 2.42. The second-order valence-electron chi connectivity index (χ2n) is 7.75. The number of aromatic nitrogens is 3. The van der Waals surface area contributed by atoms with Crippen molar-refractivity contribution in [3.8, 4) is 11.3 Å². The molecule has 10 heteroatoms. The van der Waals surface area contributed by atoms with E-state index in [0.717, 1.165) is 4.57 Å². The molecule has 0 bridgehead atoms. The topological polar surface area (TPSA) is 91.5 Å². The average molecular weight is 460 g/mol. The first-order chi connectivity index (χ1) is 15.3. The fourth-order valence-electron chi connectivity index (χ4n) is 4.41. The molecular weight excluding hydrogens is 441 g/mol. The van der Waals surface area contributed by atoms with E-state index in [9.17, 15) is 19.1 Å². The Hall–Kier alpha value is -3.14. The van der Waals surface area contributed by atoms with Gasteiger partial charge in [-0.1, -0.05) is 12.1 Å². The highest BCUT2D eigenvalue weighted by atomic mass is 35.5. The van der Waals surface area contributed by atoms with Crippen LogP contribution in [0.4, 0.5) is 4.39 Å². The summed E-state index contributed by atoms with van der Waals surface area (Å²) in [4.78, 5) is 26.1. The molecular formula is C22H19ClFN3O5. The van der Waals surface area contributed by atoms with Gasteiger partial charge in [-0.25, -0.2) is 9.18 Å². The normalized spacial score (nSPS) is 18.3. The summed E-state index contributed by atoms with van der Waals surface area (Å²) in [6.07, 6.45) is -1.48. The zero-order valence-electron chi connectivity index (χ0n) is 17.2. The van der Waals surface area contributed by atoms with Crippen LogP contribution < -0.4 is 11.2 Å². The third-order valence-corrected chi connectivity index (χ3v) is 6.03. The third-order valence-electron chi connectivity index (χ3n) is 5.82. The summed E-state index contributed by atoms with van der Waals surface area (Å²) in [6.45, 7) is -0.104. The van der Waals surface area contributed by atoms with Crippen molar-refractivity contribution in [1.29, 1.82) is 0 Å². The lowest BCUT2D eigenvalue weighted by Crippen LogP contribution is -2.37. The largest absolute Gasteiger partial charge is 0.446 e. The Balaban J connectivity index is 1.97. The minimum Gasteiger partial charge on any atom is -0.446 e. The van der Waals surface area contributed by atoms with Crippen molar-refractivity contribution >= 4 is 22.5 Å². The molecule has 0 amide bonds. The van der Waals surface area contributed by atoms with Crippen molar-refractivity contribution in [3.63, 3.8) is 0 Å². The van der Waals surface area contributed by atoms with Crippen LogP contribution in [0.1, 0.15) is 17.6 Å². The van der Waals surface area contributed by atoms with Crippen molar-refractivity contribution in [2.75, 3.05) is 6.61 Å². The van der Waals surface area contributed by atoms with E-state index in [4.69, 9.17) is 20.8 Å². The van der Waals surface area contributed by atoms with Crippen molar-refractivity contribution in [2.45, 2.75) is 18.8 Å². The van der Waals surface area contributed by atoms with Gasteiger partial charge < -0.3 is 18.8 Å². The van der Waals surface area contributed by atoms with Crippen LogP contribution in [0, 0.1) is 5.82 Å². The second-order valence-corrected chi connectivity index (χ2v) is 8.12. The highest BCUT2D eigenvalue weighted by molar-refractivity contribution is 6.28. The molecule has 1 N–H and O–H groups in total. The van der Waals surface area contributed by atoms with E-state index in [1.165, 1.54) is 23.7 Å². The van der Waals surface area contributed by atoms with E-state index >= 15 is 0 Å². The van der Waals surface area contributed by atoms with Crippen LogP contribution in [0.5, 0.6) is 0 Å². The van der Waals surface area contributed by atoms with E-state index in [0.29, 0.717) is 28.2 Å². The van der Waals surface area contributed by atoms with Gasteiger partial charge in [0.25, 0.3) is 5.56 Å². The molecule has 0 aliphatic carbocycles. The summed E-state index contributed by atoms with van der Waals surface area (Å²) in [5.74, 6) is -0.110. The van der Waals surface area contributed by atoms with Gasteiger partial charge in [-0.2, -0.15) is 0 Å². The number of hydrogen-bond donors (Lipinski definition) is 1. The summed E-state index contributed by atoms with van der Waals surface area (Å²) in [5, 5.41) is 10.3. The van der Waals surface area contributed by atoms with Crippen molar-refractivity contribution < 1.29 is 18.7 Å². The van der Waals surface area contributed by atoms with Gasteiger partial charge in [0.2, 0.25) is 0 Å². The number of fused-ring (bicyclic) bond motifs is 3. The fourth-order valence-corrected chi connectivity index (χ4v) is 4.56. The van der Waals surface area contributed by atoms with Crippen LogP contribution >= 0.6 is 11.6 Å². The van der Waals surface area contributed by atoms with E-state index in [2.05, 4.69) is 0 Å². The maximum absolute atomic E-state index is 14.2. The standard InChI is InChI=1S/C22H19ClFN3O5/c1-25-18-16(21(29)26(2)22(25)30)17(11-4-3-5-12(24)8-11)27-9-13(10-28)31-20(19(18)27)14-6-7-15(23)32-14/h3-8,13,20,28H,9-10H2,1-2H3/t13-,20?/m1/s1. The lowest BCUT2D eigenvalue weighted by Gasteiger charge is -2.31. The number of aliphatic hydroxyl groups excluding tert-OH is 1. The molecule has 2 atom stereocenters. The molecule has 4 heterocycles. The maximum atomic E-state index is 14.2. The number of halogens is 2. The first kappa shape index (κ1) is 20.7. The predicted octanol–water partition coefficient (Wildman–Crippen LogP) is 2.57. The molecule has 3 aromatic heterocycles. The SMILES string of the molecule is Cn1c(=O)c2c(-c3cccc(F)c3)n3c(c2n(C)c1=O)C(c1ccc(Cl)o1)O[C@@H](CO)C3. The molecule has 5 rings (SSSR count). The number of aliphatic hydroxyl groups is 1. The first-order valence-corrected chi connectivity index (χ1v) is 10.3. The van der Waals surface area contributed by atoms with Gasteiger partial charge in [-0.3, -0.25) is 13.9 Å². The Bertz CT molecular complexity index is 1480. The van der Waals surface area contributed by atoms with E-state index in [1.54, 1.807) is 35.9 Å². The summed E-state index contributed by atoms with van der Waals surface area (Å²) in [5.41, 5.74) is 0.726. The molecule has 0 fully saturated rings. The Labute approximate surface area is 185 Å². The predicted molar refractivity (Wildman–Crippen MR) is 115 cm³/mol. The van der Waals surface area contributed by atoms with Crippen molar-refractivity contribution in [3.05, 3.63) is 79.7 Å². The third kappa shape index (κ3) is 2.96. The molecule has 1 unspecified atom stereocenters. The second kappa shape index (κ2) is 7.47. The van der Waals surface area contributed by atoms with Gasteiger partial charge in [0.05, 0.1) is 41.5 Å². The molecule has 0 radical (unpaired) electrons. The number of ether oxygens (including phenoxy) is 1. The Morgan fingerprint density at radius 2 is 1.97 bits per heavy atom.